The van der Waals surface area contributed by atoms with Crippen LogP contribution < -0.4 is 0 Å². The van der Waals surface area contributed by atoms with E-state index in [0.717, 1.165) is 15.9 Å². The molecule has 0 saturated carbocycles. The van der Waals surface area contributed by atoms with Crippen LogP contribution in [0.15, 0.2) is 35.3 Å². The van der Waals surface area contributed by atoms with E-state index in [1.165, 1.54) is 0 Å². The number of imidazole rings is 1. The molecule has 84 valence electrons. The quantitative estimate of drug-likeness (QED) is 0.934. The molecule has 0 aromatic carbocycles. The molecule has 0 aliphatic carbocycles. The monoisotopic (exact) mass is 281 g/mol. The van der Waals surface area contributed by atoms with E-state index in [-0.39, 0.29) is 0 Å². The fraction of sp³-hybridized carbons (Fsp3) is 0.273. The number of aliphatic hydroxyl groups is 1. The van der Waals surface area contributed by atoms with E-state index in [9.17, 15) is 5.11 Å². The molecule has 2 aromatic heterocycles. The van der Waals surface area contributed by atoms with Crippen LogP contribution in [0.5, 0.6) is 0 Å². The Hall–Kier alpha value is -1.20. The second-order valence-electron chi connectivity index (χ2n) is 3.61. The van der Waals surface area contributed by atoms with Crippen LogP contribution in [-0.4, -0.2) is 19.6 Å². The van der Waals surface area contributed by atoms with Crippen LogP contribution in [0.25, 0.3) is 0 Å². The molecule has 2 rings (SSSR count). The number of nitrogens with zero attached hydrogens (tertiary/aromatic N) is 3. The van der Waals surface area contributed by atoms with Gasteiger partial charge in [0.25, 0.3) is 0 Å². The van der Waals surface area contributed by atoms with Crippen molar-refractivity contribution in [3.05, 3.63) is 46.7 Å². The van der Waals surface area contributed by atoms with Crippen molar-refractivity contribution in [2.75, 3.05) is 0 Å². The first-order valence-corrected chi connectivity index (χ1v) is 5.71. The maximum atomic E-state index is 10.0. The van der Waals surface area contributed by atoms with Crippen LogP contribution >= 0.6 is 15.9 Å². The molecule has 0 aliphatic heterocycles. The zero-order valence-electron chi connectivity index (χ0n) is 8.84. The Bertz CT molecular complexity index is 484. The van der Waals surface area contributed by atoms with Gasteiger partial charge in [-0.15, -0.1) is 0 Å². The molecule has 0 aliphatic rings. The summed E-state index contributed by atoms with van der Waals surface area (Å²) >= 11 is 3.33. The summed E-state index contributed by atoms with van der Waals surface area (Å²) < 4.78 is 2.76. The predicted molar refractivity (Wildman–Crippen MR) is 63.8 cm³/mol. The predicted octanol–water partition coefficient (Wildman–Crippen LogP) is 1.85. The normalized spacial score (nSPS) is 12.7. The third-order valence-electron chi connectivity index (χ3n) is 2.41. The van der Waals surface area contributed by atoms with Crippen LogP contribution in [0.3, 0.4) is 0 Å². The second-order valence-corrected chi connectivity index (χ2v) is 4.53. The number of hydrogen-bond acceptors (Lipinski definition) is 3. The van der Waals surface area contributed by atoms with Crippen LogP contribution in [0.4, 0.5) is 0 Å². The van der Waals surface area contributed by atoms with Gasteiger partial charge in [-0.1, -0.05) is 0 Å². The van der Waals surface area contributed by atoms with Crippen molar-refractivity contribution >= 4 is 15.9 Å². The van der Waals surface area contributed by atoms with E-state index in [0.29, 0.717) is 6.42 Å². The molecular weight excluding hydrogens is 270 g/mol. The highest BCUT2D eigenvalue weighted by atomic mass is 79.9. The lowest BCUT2D eigenvalue weighted by Gasteiger charge is -2.10. The van der Waals surface area contributed by atoms with Gasteiger partial charge in [-0.25, -0.2) is 4.98 Å². The molecule has 0 bridgehead atoms. The van der Waals surface area contributed by atoms with Crippen molar-refractivity contribution in [2.24, 2.45) is 7.05 Å². The third kappa shape index (κ3) is 2.48. The molecule has 1 unspecified atom stereocenters. The van der Waals surface area contributed by atoms with Crippen molar-refractivity contribution in [3.8, 4) is 0 Å². The van der Waals surface area contributed by atoms with Crippen LogP contribution in [0.2, 0.25) is 0 Å². The number of aliphatic hydroxyl groups excluding tert-OH is 1. The molecule has 0 saturated heterocycles. The van der Waals surface area contributed by atoms with Gasteiger partial charge in [0.2, 0.25) is 0 Å². The van der Waals surface area contributed by atoms with Gasteiger partial charge in [-0.3, -0.25) is 4.98 Å². The van der Waals surface area contributed by atoms with Crippen molar-refractivity contribution in [1.82, 2.24) is 14.5 Å². The highest BCUT2D eigenvalue weighted by Gasteiger charge is 2.11. The Kier molecular flexibility index (Phi) is 3.36. The van der Waals surface area contributed by atoms with Gasteiger partial charge in [0.15, 0.2) is 0 Å². The van der Waals surface area contributed by atoms with Crippen LogP contribution in [0.1, 0.15) is 17.5 Å². The van der Waals surface area contributed by atoms with Crippen LogP contribution in [0, 0.1) is 0 Å². The SMILES string of the molecule is Cn1ccnc1CC(O)c1cncc(Br)c1. The summed E-state index contributed by atoms with van der Waals surface area (Å²) in [5, 5.41) is 10.0. The molecule has 5 heteroatoms. The summed E-state index contributed by atoms with van der Waals surface area (Å²) in [7, 11) is 1.91. The minimum Gasteiger partial charge on any atom is -0.388 e. The van der Waals surface area contributed by atoms with Gasteiger partial charge in [0, 0.05) is 48.3 Å². The van der Waals surface area contributed by atoms with E-state index >= 15 is 0 Å². The summed E-state index contributed by atoms with van der Waals surface area (Å²) in [4.78, 5) is 8.20. The number of aromatic nitrogens is 3. The van der Waals surface area contributed by atoms with E-state index in [1.807, 2.05) is 23.9 Å². The van der Waals surface area contributed by atoms with Crippen molar-refractivity contribution in [3.63, 3.8) is 0 Å². The maximum Gasteiger partial charge on any atom is 0.111 e. The lowest BCUT2D eigenvalue weighted by atomic mass is 10.1. The van der Waals surface area contributed by atoms with Crippen molar-refractivity contribution in [1.29, 1.82) is 0 Å². The number of hydrogen-bond donors (Lipinski definition) is 1. The topological polar surface area (TPSA) is 50.9 Å². The minimum atomic E-state index is -0.578. The fourth-order valence-corrected chi connectivity index (χ4v) is 1.88. The summed E-state index contributed by atoms with van der Waals surface area (Å²) in [5.74, 6) is 0.854. The Morgan fingerprint density at radius 2 is 2.31 bits per heavy atom. The average Bonchev–Trinajstić information content (AvgIpc) is 2.64. The standard InChI is InChI=1S/C11H12BrN3O/c1-15-3-2-14-11(15)5-10(16)8-4-9(12)7-13-6-8/h2-4,6-7,10,16H,5H2,1H3. The molecule has 2 aromatic rings. The molecule has 16 heavy (non-hydrogen) atoms. The Labute approximate surface area is 102 Å². The number of rotatable bonds is 3. The zero-order chi connectivity index (χ0) is 11.5. The lowest BCUT2D eigenvalue weighted by Crippen LogP contribution is -2.07. The molecule has 0 amide bonds. The fourth-order valence-electron chi connectivity index (χ4n) is 1.49. The molecule has 0 spiro atoms. The van der Waals surface area contributed by atoms with E-state index in [4.69, 9.17) is 0 Å². The molecule has 2 heterocycles. The first-order chi connectivity index (χ1) is 7.66. The first-order valence-electron chi connectivity index (χ1n) is 4.91. The van der Waals surface area contributed by atoms with Gasteiger partial charge in [0.05, 0.1) is 6.10 Å². The Morgan fingerprint density at radius 1 is 1.50 bits per heavy atom. The summed E-state index contributed by atoms with van der Waals surface area (Å²) in [6.07, 6.45) is 6.85. The average molecular weight is 282 g/mol. The molecule has 0 fully saturated rings. The Morgan fingerprint density at radius 3 is 2.94 bits per heavy atom. The number of aryl methyl sites for hydroxylation is 1. The number of pyridine rings is 1. The summed E-state index contributed by atoms with van der Waals surface area (Å²) in [6.45, 7) is 0. The van der Waals surface area contributed by atoms with E-state index in [2.05, 4.69) is 25.9 Å². The third-order valence-corrected chi connectivity index (χ3v) is 2.84. The highest BCUT2D eigenvalue weighted by Crippen LogP contribution is 2.19. The van der Waals surface area contributed by atoms with E-state index < -0.39 is 6.10 Å². The molecule has 0 radical (unpaired) electrons. The molecular formula is C11H12BrN3O. The van der Waals surface area contributed by atoms with E-state index in [1.54, 1.807) is 18.6 Å². The summed E-state index contributed by atoms with van der Waals surface area (Å²) in [6, 6.07) is 1.86. The highest BCUT2D eigenvalue weighted by molar-refractivity contribution is 9.10. The largest absolute Gasteiger partial charge is 0.388 e. The van der Waals surface area contributed by atoms with Gasteiger partial charge in [-0.05, 0) is 22.0 Å². The molecule has 4 nitrogen and oxygen atoms in total. The maximum absolute atomic E-state index is 10.0. The molecule has 1 atom stereocenters. The first kappa shape index (κ1) is 11.3. The van der Waals surface area contributed by atoms with Gasteiger partial charge in [0.1, 0.15) is 5.82 Å². The van der Waals surface area contributed by atoms with Crippen LogP contribution in [-0.2, 0) is 13.5 Å². The lowest BCUT2D eigenvalue weighted by molar-refractivity contribution is 0.174. The van der Waals surface area contributed by atoms with Crippen molar-refractivity contribution in [2.45, 2.75) is 12.5 Å². The van der Waals surface area contributed by atoms with Gasteiger partial charge in [-0.2, -0.15) is 0 Å². The Balaban J connectivity index is 2.14. The molecule has 1 N–H and O–H groups in total. The van der Waals surface area contributed by atoms with Gasteiger partial charge < -0.3 is 9.67 Å². The smallest absolute Gasteiger partial charge is 0.111 e. The summed E-state index contributed by atoms with van der Waals surface area (Å²) in [5.41, 5.74) is 0.789. The second kappa shape index (κ2) is 4.76. The zero-order valence-corrected chi connectivity index (χ0v) is 10.4. The minimum absolute atomic E-state index is 0.488. The van der Waals surface area contributed by atoms with Crippen molar-refractivity contribution < 1.29 is 5.11 Å². The van der Waals surface area contributed by atoms with Gasteiger partial charge >= 0.3 is 0 Å². The number of halogens is 1.